The number of ether oxygens (including phenoxy) is 1. The van der Waals surface area contributed by atoms with Gasteiger partial charge in [0, 0.05) is 61.4 Å². The van der Waals surface area contributed by atoms with Gasteiger partial charge in [0.15, 0.2) is 5.75 Å². The third kappa shape index (κ3) is 3.86. The Morgan fingerprint density at radius 1 is 1.17 bits per heavy atom. The zero-order valence-electron chi connectivity index (χ0n) is 13.1. The summed E-state index contributed by atoms with van der Waals surface area (Å²) in [5, 5.41) is 0.760. The van der Waals surface area contributed by atoms with E-state index in [9.17, 15) is 4.79 Å². The third-order valence-corrected chi connectivity index (χ3v) is 4.37. The van der Waals surface area contributed by atoms with Crippen molar-refractivity contribution in [3.8, 4) is 5.75 Å². The van der Waals surface area contributed by atoms with Gasteiger partial charge in [0.25, 0.3) is 0 Å². The molecule has 2 heterocycles. The fourth-order valence-electron chi connectivity index (χ4n) is 2.81. The van der Waals surface area contributed by atoms with Gasteiger partial charge in [-0.2, -0.15) is 0 Å². The molecule has 23 heavy (non-hydrogen) atoms. The normalized spacial score (nSPS) is 15.7. The Morgan fingerprint density at radius 2 is 1.87 bits per heavy atom. The van der Waals surface area contributed by atoms with Crippen LogP contribution < -0.4 is 15.1 Å². The van der Waals surface area contributed by atoms with Crippen molar-refractivity contribution in [1.29, 1.82) is 0 Å². The predicted molar refractivity (Wildman–Crippen MR) is 92.6 cm³/mol. The molecular weight excluding hydrogens is 314 g/mol. The smallest absolute Gasteiger partial charge is 0.223 e. The Kier molecular flexibility index (Phi) is 4.88. The highest BCUT2D eigenvalue weighted by Crippen LogP contribution is 2.19. The largest absolute Gasteiger partial charge is 0.491 e. The van der Waals surface area contributed by atoms with Crippen molar-refractivity contribution in [3.05, 3.63) is 57.5 Å². The van der Waals surface area contributed by atoms with Gasteiger partial charge in [0.1, 0.15) is 0 Å². The van der Waals surface area contributed by atoms with E-state index in [2.05, 4.69) is 26.9 Å². The quantitative estimate of drug-likeness (QED) is 0.933. The van der Waals surface area contributed by atoms with Crippen LogP contribution in [0.4, 0.5) is 5.69 Å². The standard InChI is InChI=1S/C17H20ClN3O2/c1-23-17-11-19-14(10-16(17)22)12-20-6-8-21(9-7-20)15-4-2-13(18)3-5-15/h2-5,10-11H,6-9,12H2,1H3,(H,19,22). The molecule has 1 aliphatic rings. The van der Waals surface area contributed by atoms with Crippen molar-refractivity contribution >= 4 is 17.3 Å². The van der Waals surface area contributed by atoms with E-state index >= 15 is 0 Å². The number of rotatable bonds is 4. The first-order valence-corrected chi connectivity index (χ1v) is 8.02. The molecule has 122 valence electrons. The Morgan fingerprint density at radius 3 is 2.48 bits per heavy atom. The van der Waals surface area contributed by atoms with Crippen molar-refractivity contribution in [2.75, 3.05) is 38.2 Å². The Bertz CT molecular complexity index is 707. The number of H-pyrrole nitrogens is 1. The summed E-state index contributed by atoms with van der Waals surface area (Å²) in [6, 6.07) is 9.57. The number of aromatic amines is 1. The molecular formula is C17H20ClN3O2. The van der Waals surface area contributed by atoms with Crippen LogP contribution in [0.15, 0.2) is 41.3 Å². The van der Waals surface area contributed by atoms with E-state index in [0.29, 0.717) is 5.75 Å². The molecule has 6 heteroatoms. The van der Waals surface area contributed by atoms with Gasteiger partial charge in [-0.05, 0) is 24.3 Å². The van der Waals surface area contributed by atoms with E-state index in [-0.39, 0.29) is 5.43 Å². The van der Waals surface area contributed by atoms with Gasteiger partial charge in [-0.3, -0.25) is 9.69 Å². The molecule has 0 spiro atoms. The van der Waals surface area contributed by atoms with Crippen molar-refractivity contribution in [2.24, 2.45) is 0 Å². The van der Waals surface area contributed by atoms with E-state index in [4.69, 9.17) is 16.3 Å². The number of hydrogen-bond acceptors (Lipinski definition) is 4. The van der Waals surface area contributed by atoms with Crippen molar-refractivity contribution in [1.82, 2.24) is 9.88 Å². The van der Waals surface area contributed by atoms with Crippen molar-refractivity contribution in [2.45, 2.75) is 6.54 Å². The minimum Gasteiger partial charge on any atom is -0.491 e. The molecule has 0 atom stereocenters. The highest BCUT2D eigenvalue weighted by atomic mass is 35.5. The van der Waals surface area contributed by atoms with Crippen LogP contribution in [0.3, 0.4) is 0 Å². The van der Waals surface area contributed by atoms with Crippen LogP contribution in [0, 0.1) is 0 Å². The minimum atomic E-state index is -0.0824. The fourth-order valence-corrected chi connectivity index (χ4v) is 2.93. The molecule has 2 aromatic rings. The summed E-state index contributed by atoms with van der Waals surface area (Å²) >= 11 is 5.93. The van der Waals surface area contributed by atoms with Gasteiger partial charge >= 0.3 is 0 Å². The molecule has 1 N–H and O–H groups in total. The van der Waals surface area contributed by atoms with E-state index in [0.717, 1.165) is 43.4 Å². The van der Waals surface area contributed by atoms with E-state index in [1.807, 2.05) is 12.1 Å². The molecule has 1 saturated heterocycles. The summed E-state index contributed by atoms with van der Waals surface area (Å²) in [6.45, 7) is 4.57. The number of aromatic nitrogens is 1. The highest BCUT2D eigenvalue weighted by molar-refractivity contribution is 6.30. The molecule has 0 amide bonds. The fraction of sp³-hybridized carbons (Fsp3) is 0.353. The molecule has 1 fully saturated rings. The van der Waals surface area contributed by atoms with Crippen LogP contribution in [-0.2, 0) is 6.54 Å². The number of methoxy groups -OCH3 is 1. The molecule has 3 rings (SSSR count). The summed E-state index contributed by atoms with van der Waals surface area (Å²) in [7, 11) is 1.50. The first kappa shape index (κ1) is 15.9. The molecule has 0 bridgehead atoms. The monoisotopic (exact) mass is 333 g/mol. The highest BCUT2D eigenvalue weighted by Gasteiger charge is 2.17. The average Bonchev–Trinajstić information content (AvgIpc) is 2.57. The molecule has 0 unspecified atom stereocenters. The molecule has 1 aliphatic heterocycles. The van der Waals surface area contributed by atoms with E-state index in [1.54, 1.807) is 12.3 Å². The number of nitrogens with zero attached hydrogens (tertiary/aromatic N) is 2. The van der Waals surface area contributed by atoms with Gasteiger partial charge in [-0.1, -0.05) is 11.6 Å². The zero-order valence-corrected chi connectivity index (χ0v) is 13.8. The number of halogens is 1. The lowest BCUT2D eigenvalue weighted by Crippen LogP contribution is -2.46. The van der Waals surface area contributed by atoms with Crippen molar-refractivity contribution in [3.63, 3.8) is 0 Å². The summed E-state index contributed by atoms with van der Waals surface area (Å²) in [4.78, 5) is 19.6. The van der Waals surface area contributed by atoms with Gasteiger partial charge < -0.3 is 14.6 Å². The van der Waals surface area contributed by atoms with Crippen LogP contribution in [-0.4, -0.2) is 43.2 Å². The minimum absolute atomic E-state index is 0.0824. The van der Waals surface area contributed by atoms with Crippen LogP contribution >= 0.6 is 11.6 Å². The SMILES string of the molecule is COc1c[nH]c(CN2CCN(c3ccc(Cl)cc3)CC2)cc1=O. The lowest BCUT2D eigenvalue weighted by Gasteiger charge is -2.36. The summed E-state index contributed by atoms with van der Waals surface area (Å²) in [5.74, 6) is 0.348. The maximum absolute atomic E-state index is 11.8. The van der Waals surface area contributed by atoms with E-state index < -0.39 is 0 Å². The summed E-state index contributed by atoms with van der Waals surface area (Å²) in [6.07, 6.45) is 1.63. The molecule has 1 aromatic carbocycles. The second-order valence-corrected chi connectivity index (χ2v) is 6.07. The van der Waals surface area contributed by atoms with Crippen molar-refractivity contribution < 1.29 is 4.74 Å². The number of pyridine rings is 1. The Hall–Kier alpha value is -1.98. The summed E-state index contributed by atoms with van der Waals surface area (Å²) in [5.41, 5.74) is 2.03. The Balaban J connectivity index is 1.58. The zero-order chi connectivity index (χ0) is 16.2. The second-order valence-electron chi connectivity index (χ2n) is 5.63. The Labute approximate surface area is 140 Å². The van der Waals surface area contributed by atoms with Gasteiger partial charge in [0.05, 0.1) is 7.11 Å². The number of hydrogen-bond donors (Lipinski definition) is 1. The third-order valence-electron chi connectivity index (χ3n) is 4.11. The van der Waals surface area contributed by atoms with Crippen LogP contribution in [0.5, 0.6) is 5.75 Å². The molecule has 0 saturated carbocycles. The lowest BCUT2D eigenvalue weighted by molar-refractivity contribution is 0.247. The second kappa shape index (κ2) is 7.06. The number of piperazine rings is 1. The number of anilines is 1. The molecule has 1 aromatic heterocycles. The van der Waals surface area contributed by atoms with Gasteiger partial charge in [-0.15, -0.1) is 0 Å². The average molecular weight is 334 g/mol. The first-order valence-electron chi connectivity index (χ1n) is 7.64. The van der Waals surface area contributed by atoms with E-state index in [1.165, 1.54) is 12.8 Å². The summed E-state index contributed by atoms with van der Waals surface area (Å²) < 4.78 is 4.99. The first-order chi connectivity index (χ1) is 11.2. The topological polar surface area (TPSA) is 48.6 Å². The van der Waals surface area contributed by atoms with Crippen LogP contribution in [0.2, 0.25) is 5.02 Å². The maximum Gasteiger partial charge on any atom is 0.223 e. The number of nitrogens with one attached hydrogen (secondary N) is 1. The lowest BCUT2D eigenvalue weighted by atomic mass is 10.2. The molecule has 0 radical (unpaired) electrons. The van der Waals surface area contributed by atoms with Crippen LogP contribution in [0.1, 0.15) is 5.69 Å². The molecule has 5 nitrogen and oxygen atoms in total. The van der Waals surface area contributed by atoms with Crippen LogP contribution in [0.25, 0.3) is 0 Å². The van der Waals surface area contributed by atoms with Gasteiger partial charge in [0.2, 0.25) is 5.43 Å². The molecule has 0 aliphatic carbocycles. The predicted octanol–water partition coefficient (Wildman–Crippen LogP) is 2.36. The number of benzene rings is 1. The van der Waals surface area contributed by atoms with Gasteiger partial charge in [-0.25, -0.2) is 0 Å². The maximum atomic E-state index is 11.8.